The van der Waals surface area contributed by atoms with E-state index in [4.69, 9.17) is 10.3 Å². The number of anilines is 1. The fourth-order valence-corrected chi connectivity index (χ4v) is 3.74. The lowest BCUT2D eigenvalue weighted by Crippen LogP contribution is -2.27. The number of nitrogens with zero attached hydrogens (tertiary/aromatic N) is 2. The van der Waals surface area contributed by atoms with Gasteiger partial charge < -0.3 is 4.42 Å². The quantitative estimate of drug-likeness (QED) is 0.640. The van der Waals surface area contributed by atoms with Crippen LogP contribution in [0, 0.1) is 0 Å². The number of fused-ring (bicyclic) bond motifs is 1. The van der Waals surface area contributed by atoms with Crippen molar-refractivity contribution in [1.29, 1.82) is 0 Å². The van der Waals surface area contributed by atoms with Gasteiger partial charge in [-0.2, -0.15) is 9.29 Å². The Labute approximate surface area is 110 Å². The van der Waals surface area contributed by atoms with E-state index in [0.29, 0.717) is 24.2 Å². The Morgan fingerprint density at radius 2 is 2.05 bits per heavy atom. The lowest BCUT2D eigenvalue weighted by molar-refractivity contribution is 0.477. The van der Waals surface area contributed by atoms with E-state index in [2.05, 4.69) is 10.4 Å². The molecule has 0 bridgehead atoms. The Morgan fingerprint density at radius 3 is 2.74 bits per heavy atom. The topological polar surface area (TPSA) is 101 Å². The molecule has 0 spiro atoms. The number of rotatable bonds is 3. The van der Waals surface area contributed by atoms with Gasteiger partial charge in [0.05, 0.1) is 4.90 Å². The summed E-state index contributed by atoms with van der Waals surface area (Å²) in [6.07, 6.45) is 1.82. The van der Waals surface area contributed by atoms with Crippen molar-refractivity contribution < 1.29 is 12.8 Å². The lowest BCUT2D eigenvalue weighted by atomic mass is 10.3. The highest BCUT2D eigenvalue weighted by Gasteiger charge is 2.27. The Hall–Kier alpha value is -1.64. The van der Waals surface area contributed by atoms with Crippen LogP contribution < -0.4 is 11.3 Å². The molecular weight excluding hydrogens is 268 g/mol. The summed E-state index contributed by atoms with van der Waals surface area (Å²) in [5, 5.41) is 0. The van der Waals surface area contributed by atoms with Crippen LogP contribution in [0.3, 0.4) is 0 Å². The maximum Gasteiger partial charge on any atom is 0.310 e. The maximum atomic E-state index is 12.4. The molecule has 1 fully saturated rings. The van der Waals surface area contributed by atoms with E-state index in [0.717, 1.165) is 12.8 Å². The van der Waals surface area contributed by atoms with Gasteiger partial charge in [-0.1, -0.05) is 0 Å². The van der Waals surface area contributed by atoms with Gasteiger partial charge in [-0.3, -0.25) is 5.43 Å². The standard InChI is InChI=1S/C11H14N4O3S/c12-14-11-13-9-7-8(3-4-10(9)18-11)19(16,17)15-5-1-2-6-15/h3-4,7H,1-2,5-6,12H2,(H,13,14). The minimum Gasteiger partial charge on any atom is -0.423 e. The molecule has 1 aromatic heterocycles. The number of aromatic nitrogens is 1. The van der Waals surface area contributed by atoms with Crippen LogP contribution in [0.2, 0.25) is 0 Å². The molecule has 102 valence electrons. The first kappa shape index (κ1) is 12.4. The fraction of sp³-hybridized carbons (Fsp3) is 0.364. The van der Waals surface area contributed by atoms with E-state index in [1.807, 2.05) is 0 Å². The third-order valence-corrected chi connectivity index (χ3v) is 5.08. The van der Waals surface area contributed by atoms with Crippen LogP contribution in [0.1, 0.15) is 12.8 Å². The highest BCUT2D eigenvalue weighted by Crippen LogP contribution is 2.25. The first-order valence-electron chi connectivity index (χ1n) is 5.98. The average molecular weight is 282 g/mol. The molecule has 1 aliphatic heterocycles. The average Bonchev–Trinajstić information content (AvgIpc) is 3.06. The molecule has 19 heavy (non-hydrogen) atoms. The van der Waals surface area contributed by atoms with Crippen LogP contribution in [-0.2, 0) is 10.0 Å². The largest absolute Gasteiger partial charge is 0.423 e. The van der Waals surface area contributed by atoms with Crippen molar-refractivity contribution >= 4 is 27.1 Å². The number of sulfonamides is 1. The predicted octanol–water partition coefficient (Wildman–Crippen LogP) is 0.898. The SMILES string of the molecule is NNc1nc2cc(S(=O)(=O)N3CCCC3)ccc2o1. The molecule has 0 unspecified atom stereocenters. The summed E-state index contributed by atoms with van der Waals surface area (Å²) in [5.41, 5.74) is 3.25. The fourth-order valence-electron chi connectivity index (χ4n) is 2.21. The molecule has 7 nitrogen and oxygen atoms in total. The van der Waals surface area contributed by atoms with Crippen molar-refractivity contribution in [3.63, 3.8) is 0 Å². The minimum atomic E-state index is -3.43. The molecule has 0 amide bonds. The van der Waals surface area contributed by atoms with Gasteiger partial charge in [0.25, 0.3) is 0 Å². The molecule has 3 N–H and O–H groups in total. The van der Waals surface area contributed by atoms with Crippen molar-refractivity contribution in [3.8, 4) is 0 Å². The van der Waals surface area contributed by atoms with Crippen molar-refractivity contribution in [1.82, 2.24) is 9.29 Å². The van der Waals surface area contributed by atoms with Crippen molar-refractivity contribution in [2.45, 2.75) is 17.7 Å². The predicted molar refractivity (Wildman–Crippen MR) is 69.8 cm³/mol. The number of oxazole rings is 1. The Bertz CT molecular complexity index is 704. The normalized spacial score (nSPS) is 17.1. The Morgan fingerprint density at radius 1 is 1.32 bits per heavy atom. The van der Waals surface area contributed by atoms with E-state index in [1.165, 1.54) is 16.4 Å². The van der Waals surface area contributed by atoms with Crippen LogP contribution >= 0.6 is 0 Å². The highest BCUT2D eigenvalue weighted by molar-refractivity contribution is 7.89. The zero-order valence-corrected chi connectivity index (χ0v) is 11.0. The van der Waals surface area contributed by atoms with Gasteiger partial charge in [0.1, 0.15) is 5.52 Å². The zero-order chi connectivity index (χ0) is 13.5. The number of nitrogens with two attached hydrogens (primary N) is 1. The molecule has 0 atom stereocenters. The van der Waals surface area contributed by atoms with Crippen LogP contribution in [0.25, 0.3) is 11.1 Å². The van der Waals surface area contributed by atoms with Gasteiger partial charge >= 0.3 is 6.01 Å². The number of hydrogen-bond donors (Lipinski definition) is 2. The van der Waals surface area contributed by atoms with Gasteiger partial charge in [0, 0.05) is 13.1 Å². The summed E-state index contributed by atoms with van der Waals surface area (Å²) >= 11 is 0. The summed E-state index contributed by atoms with van der Waals surface area (Å²) in [7, 11) is -3.43. The third kappa shape index (κ3) is 2.07. The van der Waals surface area contributed by atoms with Gasteiger partial charge in [-0.15, -0.1) is 0 Å². The van der Waals surface area contributed by atoms with Gasteiger partial charge in [-0.05, 0) is 31.0 Å². The second kappa shape index (κ2) is 4.48. The first-order valence-corrected chi connectivity index (χ1v) is 7.42. The first-order chi connectivity index (χ1) is 9.11. The molecule has 1 saturated heterocycles. The summed E-state index contributed by atoms with van der Waals surface area (Å²) < 4.78 is 31.5. The molecule has 0 radical (unpaired) electrons. The van der Waals surface area contributed by atoms with E-state index in [9.17, 15) is 8.42 Å². The highest BCUT2D eigenvalue weighted by atomic mass is 32.2. The molecule has 1 aliphatic rings. The second-order valence-electron chi connectivity index (χ2n) is 4.40. The summed E-state index contributed by atoms with van der Waals surface area (Å²) in [6, 6.07) is 4.78. The van der Waals surface area contributed by atoms with E-state index < -0.39 is 10.0 Å². The van der Waals surface area contributed by atoms with Gasteiger partial charge in [0.15, 0.2) is 5.58 Å². The van der Waals surface area contributed by atoms with E-state index >= 15 is 0 Å². The van der Waals surface area contributed by atoms with Crippen molar-refractivity contribution in [2.24, 2.45) is 5.84 Å². The monoisotopic (exact) mass is 282 g/mol. The molecule has 8 heteroatoms. The zero-order valence-electron chi connectivity index (χ0n) is 10.2. The summed E-state index contributed by atoms with van der Waals surface area (Å²) in [5.74, 6) is 5.20. The van der Waals surface area contributed by atoms with Crippen LogP contribution in [0.15, 0.2) is 27.5 Å². The van der Waals surface area contributed by atoms with Crippen molar-refractivity contribution in [3.05, 3.63) is 18.2 Å². The molecule has 2 heterocycles. The smallest absolute Gasteiger partial charge is 0.310 e. The maximum absolute atomic E-state index is 12.4. The van der Waals surface area contributed by atoms with Crippen LogP contribution in [0.5, 0.6) is 0 Å². The molecular formula is C11H14N4O3S. The van der Waals surface area contributed by atoms with E-state index in [-0.39, 0.29) is 10.9 Å². The minimum absolute atomic E-state index is 0.158. The number of hydrazine groups is 1. The summed E-state index contributed by atoms with van der Waals surface area (Å²) in [4.78, 5) is 4.28. The lowest BCUT2D eigenvalue weighted by Gasteiger charge is -2.14. The number of nitrogen functional groups attached to an aromatic ring is 1. The third-order valence-electron chi connectivity index (χ3n) is 3.19. The van der Waals surface area contributed by atoms with Crippen LogP contribution in [0.4, 0.5) is 6.01 Å². The van der Waals surface area contributed by atoms with Gasteiger partial charge in [0.2, 0.25) is 10.0 Å². The Kier molecular flexibility index (Phi) is 2.92. The molecule has 0 aliphatic carbocycles. The van der Waals surface area contributed by atoms with Crippen LogP contribution in [-0.4, -0.2) is 30.8 Å². The molecule has 3 rings (SSSR count). The Balaban J connectivity index is 2.04. The van der Waals surface area contributed by atoms with Crippen molar-refractivity contribution in [2.75, 3.05) is 18.5 Å². The van der Waals surface area contributed by atoms with E-state index in [1.54, 1.807) is 6.07 Å². The molecule has 2 aromatic rings. The molecule has 0 saturated carbocycles. The van der Waals surface area contributed by atoms with Gasteiger partial charge in [-0.25, -0.2) is 14.3 Å². The number of hydrogen-bond acceptors (Lipinski definition) is 6. The molecule has 1 aromatic carbocycles. The summed E-state index contributed by atoms with van der Waals surface area (Å²) in [6.45, 7) is 1.16. The second-order valence-corrected chi connectivity index (χ2v) is 6.34. The number of nitrogens with one attached hydrogen (secondary N) is 1. The number of benzene rings is 1.